The number of hydrogen-bond acceptors (Lipinski definition) is 9. The van der Waals surface area contributed by atoms with Crippen LogP contribution in [0.25, 0.3) is 11.2 Å². The maximum Gasteiger partial charge on any atom is 0.331 e. The van der Waals surface area contributed by atoms with Gasteiger partial charge in [0.25, 0.3) is 5.56 Å². The number of rotatable bonds is 15. The van der Waals surface area contributed by atoms with Gasteiger partial charge in [-0.15, -0.1) is 0 Å². The monoisotopic (exact) mass is 477 g/mol. The number of H-pyrrole nitrogens is 1. The van der Waals surface area contributed by atoms with E-state index < -0.39 is 15.0 Å². The van der Waals surface area contributed by atoms with Gasteiger partial charge in [-0.2, -0.15) is 0 Å². The second-order valence-corrected chi connectivity index (χ2v) is 11.9. The van der Waals surface area contributed by atoms with Crippen LogP contribution in [0.5, 0.6) is 0 Å². The third-order valence-corrected chi connectivity index (χ3v) is 8.50. The normalized spacial score (nSPS) is 14.4. The fraction of sp³-hybridized carbons (Fsp3) is 0.722. The molecule has 0 amide bonds. The summed E-state index contributed by atoms with van der Waals surface area (Å²) in [7, 11) is -5.91. The Balaban J connectivity index is 2.10. The summed E-state index contributed by atoms with van der Waals surface area (Å²) in [4.78, 5) is 24.7. The molecular weight excluding hydrogens is 444 g/mol. The second kappa shape index (κ2) is 12.0. The van der Waals surface area contributed by atoms with Crippen LogP contribution in [0.15, 0.2) is 17.4 Å². The van der Waals surface area contributed by atoms with Crippen molar-refractivity contribution in [3.05, 3.63) is 23.0 Å². The van der Waals surface area contributed by atoms with Gasteiger partial charge in [0.1, 0.15) is 0 Å². The number of nitrogens with one attached hydrogen (secondary N) is 1. The Bertz CT molecular complexity index is 968. The van der Waals surface area contributed by atoms with Gasteiger partial charge in [0.2, 0.25) is 7.37 Å². The zero-order chi connectivity index (χ0) is 22.9. The molecule has 0 saturated heterocycles. The van der Waals surface area contributed by atoms with Crippen LogP contribution in [0.4, 0.5) is 0 Å². The molecule has 1 unspecified atom stereocenters. The molecule has 2 aromatic heterocycles. The Kier molecular flexibility index (Phi) is 10.1. The molecule has 0 spiro atoms. The maximum atomic E-state index is 12.9. The van der Waals surface area contributed by atoms with E-state index >= 15 is 0 Å². The quantitative estimate of drug-likeness (QED) is 0.385. The molecule has 0 saturated carbocycles. The summed E-state index contributed by atoms with van der Waals surface area (Å²) in [6, 6.07) is 0. The summed E-state index contributed by atoms with van der Waals surface area (Å²) in [5, 5.41) is 0. The predicted molar refractivity (Wildman–Crippen MR) is 120 cm³/mol. The van der Waals surface area contributed by atoms with Crippen molar-refractivity contribution in [1.82, 2.24) is 24.4 Å². The highest BCUT2D eigenvalue weighted by atomic mass is 31.2. The molecule has 0 aliphatic rings. The van der Waals surface area contributed by atoms with E-state index in [-0.39, 0.29) is 17.2 Å². The number of fused-ring (bicyclic) bond motifs is 1. The summed E-state index contributed by atoms with van der Waals surface area (Å²) in [5.74, 6) is 0. The van der Waals surface area contributed by atoms with Crippen molar-refractivity contribution >= 4 is 26.1 Å². The standard InChI is InChI=1S/C18H33N5O6P2/c1-5-27-30(4,25)12-10-22(11-13-31(26,28-6-2)29-7-3)8-9-23-15-21-16-17(23)19-14-20-18(16)24/h14-15H,5-13H2,1-4H3,(H,19,20,24). The Hall–Kier alpha value is -1.35. The van der Waals surface area contributed by atoms with E-state index in [2.05, 4.69) is 15.0 Å². The average Bonchev–Trinajstić information content (AvgIpc) is 3.12. The smallest absolute Gasteiger partial charge is 0.329 e. The molecule has 0 radical (unpaired) electrons. The second-order valence-electron chi connectivity index (χ2n) is 7.01. The van der Waals surface area contributed by atoms with Gasteiger partial charge in [-0.25, -0.2) is 9.97 Å². The van der Waals surface area contributed by atoms with Crippen molar-refractivity contribution in [3.63, 3.8) is 0 Å². The van der Waals surface area contributed by atoms with Gasteiger partial charge in [0, 0.05) is 39.0 Å². The molecule has 2 rings (SSSR count). The largest absolute Gasteiger partial charge is 0.331 e. The average molecular weight is 477 g/mol. The molecule has 11 nitrogen and oxygen atoms in total. The number of aromatic amines is 1. The first-order valence-electron chi connectivity index (χ1n) is 10.4. The van der Waals surface area contributed by atoms with Crippen molar-refractivity contribution < 1.29 is 22.7 Å². The number of nitrogens with zero attached hydrogens (tertiary/aromatic N) is 4. The summed E-state index contributed by atoms with van der Waals surface area (Å²) in [6.07, 6.45) is 3.51. The Morgan fingerprint density at radius 3 is 2.29 bits per heavy atom. The lowest BCUT2D eigenvalue weighted by Gasteiger charge is -2.26. The summed E-state index contributed by atoms with van der Waals surface area (Å²) >= 11 is 0. The third kappa shape index (κ3) is 7.93. The van der Waals surface area contributed by atoms with Crippen LogP contribution in [0.1, 0.15) is 20.8 Å². The van der Waals surface area contributed by atoms with Crippen LogP contribution in [-0.2, 0) is 29.2 Å². The highest BCUT2D eigenvalue weighted by Gasteiger charge is 2.25. The van der Waals surface area contributed by atoms with Crippen LogP contribution < -0.4 is 5.56 Å². The minimum Gasteiger partial charge on any atom is -0.329 e. The Labute approximate surface area is 182 Å². The third-order valence-electron chi connectivity index (χ3n) is 4.63. The number of hydrogen-bond donors (Lipinski definition) is 1. The molecule has 2 aromatic rings. The van der Waals surface area contributed by atoms with Gasteiger partial charge in [-0.05, 0) is 20.8 Å². The molecule has 1 atom stereocenters. The summed E-state index contributed by atoms with van der Waals surface area (Å²) < 4.78 is 43.4. The van der Waals surface area contributed by atoms with E-state index in [1.165, 1.54) is 6.33 Å². The Morgan fingerprint density at radius 2 is 1.65 bits per heavy atom. The Morgan fingerprint density at radius 1 is 1.00 bits per heavy atom. The fourth-order valence-corrected chi connectivity index (χ4v) is 6.09. The molecule has 0 fully saturated rings. The molecule has 0 aromatic carbocycles. The predicted octanol–water partition coefficient (Wildman–Crippen LogP) is 2.63. The van der Waals surface area contributed by atoms with Gasteiger partial charge in [0.15, 0.2) is 11.2 Å². The first-order chi connectivity index (χ1) is 14.7. The van der Waals surface area contributed by atoms with Crippen LogP contribution in [0, 0.1) is 0 Å². The van der Waals surface area contributed by atoms with Gasteiger partial charge >= 0.3 is 7.60 Å². The van der Waals surface area contributed by atoms with E-state index in [0.717, 1.165) is 0 Å². The molecule has 1 N–H and O–H groups in total. The summed E-state index contributed by atoms with van der Waals surface area (Å²) in [5.41, 5.74) is 0.479. The van der Waals surface area contributed by atoms with Crippen LogP contribution in [0.3, 0.4) is 0 Å². The van der Waals surface area contributed by atoms with Crippen molar-refractivity contribution in [1.29, 1.82) is 0 Å². The van der Waals surface area contributed by atoms with Crippen molar-refractivity contribution in [2.24, 2.45) is 0 Å². The molecule has 0 aliphatic carbocycles. The van der Waals surface area contributed by atoms with Crippen molar-refractivity contribution in [3.8, 4) is 0 Å². The van der Waals surface area contributed by atoms with Crippen LogP contribution in [-0.4, -0.2) is 82.9 Å². The summed E-state index contributed by atoms with van der Waals surface area (Å²) in [6.45, 7) is 9.95. The van der Waals surface area contributed by atoms with E-state index in [1.807, 2.05) is 11.8 Å². The van der Waals surface area contributed by atoms with Gasteiger partial charge < -0.3 is 28.0 Å². The van der Waals surface area contributed by atoms with E-state index in [9.17, 15) is 13.9 Å². The number of imidazole rings is 1. The molecule has 31 heavy (non-hydrogen) atoms. The minimum absolute atomic E-state index is 0.222. The molecule has 0 aliphatic heterocycles. The molecule has 0 bridgehead atoms. The fourth-order valence-electron chi connectivity index (χ4n) is 3.12. The van der Waals surface area contributed by atoms with E-state index in [0.29, 0.717) is 57.8 Å². The van der Waals surface area contributed by atoms with Gasteiger partial charge in [-0.1, -0.05) is 0 Å². The maximum absolute atomic E-state index is 12.9. The highest BCUT2D eigenvalue weighted by Crippen LogP contribution is 2.48. The lowest BCUT2D eigenvalue weighted by molar-refractivity contribution is 0.212. The number of aromatic nitrogens is 4. The van der Waals surface area contributed by atoms with E-state index in [1.54, 1.807) is 31.4 Å². The van der Waals surface area contributed by atoms with E-state index in [4.69, 9.17) is 13.6 Å². The van der Waals surface area contributed by atoms with Gasteiger partial charge in [-0.3, -0.25) is 13.9 Å². The first-order valence-corrected chi connectivity index (χ1v) is 14.4. The van der Waals surface area contributed by atoms with Crippen molar-refractivity contribution in [2.75, 3.05) is 58.4 Å². The molecule has 176 valence electrons. The van der Waals surface area contributed by atoms with Gasteiger partial charge in [0.05, 0.1) is 38.6 Å². The molecular formula is C18H33N5O6P2. The lowest BCUT2D eigenvalue weighted by atomic mass is 10.4. The topological polar surface area (TPSA) is 129 Å². The van der Waals surface area contributed by atoms with Crippen LogP contribution >= 0.6 is 15.0 Å². The lowest BCUT2D eigenvalue weighted by Crippen LogP contribution is -2.33. The zero-order valence-electron chi connectivity index (χ0n) is 18.7. The SMILES string of the molecule is CCOP(C)(=O)CCN(CCn1cnc2c(=O)[nH]cnc21)CCP(=O)(OCC)OCC. The molecule has 13 heteroatoms. The first kappa shape index (κ1) is 25.9. The van der Waals surface area contributed by atoms with Crippen LogP contribution in [0.2, 0.25) is 0 Å². The van der Waals surface area contributed by atoms with Crippen molar-refractivity contribution in [2.45, 2.75) is 27.3 Å². The zero-order valence-corrected chi connectivity index (χ0v) is 20.4. The molecule has 2 heterocycles. The highest BCUT2D eigenvalue weighted by molar-refractivity contribution is 7.58. The minimum atomic E-state index is -3.20.